The van der Waals surface area contributed by atoms with Crippen LogP contribution in [0.4, 0.5) is 13.2 Å². The van der Waals surface area contributed by atoms with Crippen LogP contribution in [0.15, 0.2) is 11.6 Å². The highest BCUT2D eigenvalue weighted by Gasteiger charge is 2.59. The van der Waals surface area contributed by atoms with E-state index in [1.165, 1.54) is 44.6 Å². The summed E-state index contributed by atoms with van der Waals surface area (Å²) in [7, 11) is 0. The van der Waals surface area contributed by atoms with Crippen LogP contribution in [0.1, 0.15) is 112 Å². The van der Waals surface area contributed by atoms with Gasteiger partial charge in [-0.3, -0.25) is 0 Å². The summed E-state index contributed by atoms with van der Waals surface area (Å²) < 4.78 is 38.7. The molecule has 0 radical (unpaired) electrons. The molecule has 0 bridgehead atoms. The van der Waals surface area contributed by atoms with Crippen LogP contribution in [0.25, 0.3) is 0 Å². The van der Waals surface area contributed by atoms with Crippen molar-refractivity contribution in [3.63, 3.8) is 0 Å². The molecule has 4 aliphatic carbocycles. The van der Waals surface area contributed by atoms with Gasteiger partial charge in [0.15, 0.2) is 0 Å². The average molecular weight is 469 g/mol. The third-order valence-electron chi connectivity index (χ3n) is 11.5. The summed E-state index contributed by atoms with van der Waals surface area (Å²) in [5.41, 5.74) is 1.63. The highest BCUT2D eigenvalue weighted by molar-refractivity contribution is 5.27. The van der Waals surface area contributed by atoms with Gasteiger partial charge in [0.05, 0.1) is 11.5 Å². The number of rotatable bonds is 6. The van der Waals surface area contributed by atoms with E-state index in [0.717, 1.165) is 49.9 Å². The zero-order valence-corrected chi connectivity index (χ0v) is 21.6. The first kappa shape index (κ1) is 25.6. The van der Waals surface area contributed by atoms with Crippen LogP contribution in [0, 0.1) is 46.3 Å². The van der Waals surface area contributed by atoms with Crippen molar-refractivity contribution in [2.45, 2.75) is 123 Å². The van der Waals surface area contributed by atoms with Crippen molar-refractivity contribution in [3.05, 3.63) is 11.6 Å². The van der Waals surface area contributed by atoms with E-state index in [2.05, 4.69) is 33.8 Å². The molecule has 0 spiro atoms. The SMILES string of the molecule is CC[C@]1(O)CC[C@@]2(C)C(=CC[C@H]3[C@@H]4CC[C@H]([C@H](C)CCC[C@H](C)C(F)(F)F)[C@@]4(C)CC[C@@H]32)C1. The summed E-state index contributed by atoms with van der Waals surface area (Å²) in [6, 6.07) is 0. The molecule has 0 amide bonds. The van der Waals surface area contributed by atoms with Crippen molar-refractivity contribution in [1.29, 1.82) is 0 Å². The van der Waals surface area contributed by atoms with Crippen LogP contribution in [-0.2, 0) is 0 Å². The molecular formula is C29H47F3O. The molecule has 0 aliphatic heterocycles. The molecule has 190 valence electrons. The van der Waals surface area contributed by atoms with Crippen LogP contribution >= 0.6 is 0 Å². The predicted molar refractivity (Wildman–Crippen MR) is 129 cm³/mol. The summed E-state index contributed by atoms with van der Waals surface area (Å²) in [6.07, 6.45) is 10.4. The van der Waals surface area contributed by atoms with Crippen LogP contribution in [0.5, 0.6) is 0 Å². The summed E-state index contributed by atoms with van der Waals surface area (Å²) >= 11 is 0. The molecule has 33 heavy (non-hydrogen) atoms. The standard InChI is InChI=1S/C29H47F3O/c1-6-28(33)17-16-26(4)21(18-28)10-11-22-24-13-12-23(27(24,5)15-14-25(22)26)19(2)8-7-9-20(3)29(30,31)32/h10,19-20,22-25,33H,6-9,11-18H2,1-5H3/t19-,20+,22+,23-,24+,25+,26+,27-,28+/m1/s1. The second-order valence-electron chi connectivity index (χ2n) is 13.1. The quantitative estimate of drug-likeness (QED) is 0.386. The number of halogens is 3. The van der Waals surface area contributed by atoms with Crippen molar-refractivity contribution in [2.75, 3.05) is 0 Å². The van der Waals surface area contributed by atoms with Crippen LogP contribution in [-0.4, -0.2) is 16.9 Å². The topological polar surface area (TPSA) is 20.2 Å². The second-order valence-corrected chi connectivity index (χ2v) is 13.1. The molecule has 3 fully saturated rings. The van der Waals surface area contributed by atoms with Crippen LogP contribution in [0.2, 0.25) is 0 Å². The van der Waals surface area contributed by atoms with Gasteiger partial charge in [-0.1, -0.05) is 59.1 Å². The number of aliphatic hydroxyl groups is 1. The van der Waals surface area contributed by atoms with Gasteiger partial charge >= 0.3 is 6.18 Å². The Labute approximate surface area is 200 Å². The first-order valence-corrected chi connectivity index (χ1v) is 13.8. The molecule has 3 saturated carbocycles. The number of hydrogen-bond acceptors (Lipinski definition) is 1. The molecule has 4 heteroatoms. The Hall–Kier alpha value is -0.510. The molecule has 1 N–H and O–H groups in total. The Balaban J connectivity index is 1.43. The lowest BCUT2D eigenvalue weighted by Gasteiger charge is -2.59. The Kier molecular flexibility index (Phi) is 6.87. The first-order chi connectivity index (χ1) is 15.3. The van der Waals surface area contributed by atoms with Crippen molar-refractivity contribution in [3.8, 4) is 0 Å². The Morgan fingerprint density at radius 3 is 2.42 bits per heavy atom. The molecule has 0 saturated heterocycles. The van der Waals surface area contributed by atoms with Gasteiger partial charge in [-0.2, -0.15) is 13.2 Å². The minimum atomic E-state index is -4.05. The van der Waals surface area contributed by atoms with E-state index < -0.39 is 17.7 Å². The Morgan fingerprint density at radius 1 is 1.03 bits per heavy atom. The molecule has 0 unspecified atom stereocenters. The number of allylic oxidation sites excluding steroid dienone is 1. The van der Waals surface area contributed by atoms with Gasteiger partial charge in [-0.05, 0) is 105 Å². The van der Waals surface area contributed by atoms with E-state index in [4.69, 9.17) is 0 Å². The van der Waals surface area contributed by atoms with Gasteiger partial charge in [0, 0.05) is 0 Å². The summed E-state index contributed by atoms with van der Waals surface area (Å²) in [4.78, 5) is 0. The van der Waals surface area contributed by atoms with E-state index in [-0.39, 0.29) is 11.8 Å². The van der Waals surface area contributed by atoms with Gasteiger partial charge in [0.1, 0.15) is 0 Å². The maximum atomic E-state index is 12.9. The highest BCUT2D eigenvalue weighted by Crippen LogP contribution is 2.67. The normalized spacial score (nSPS) is 44.9. The fourth-order valence-corrected chi connectivity index (χ4v) is 9.10. The monoisotopic (exact) mass is 468 g/mol. The van der Waals surface area contributed by atoms with Gasteiger partial charge < -0.3 is 5.11 Å². The molecule has 0 aromatic rings. The lowest BCUT2D eigenvalue weighted by molar-refractivity contribution is -0.171. The van der Waals surface area contributed by atoms with E-state index in [9.17, 15) is 18.3 Å². The third-order valence-corrected chi connectivity index (χ3v) is 11.5. The van der Waals surface area contributed by atoms with Crippen molar-refractivity contribution in [1.82, 2.24) is 0 Å². The van der Waals surface area contributed by atoms with Gasteiger partial charge in [-0.15, -0.1) is 0 Å². The summed E-state index contributed by atoms with van der Waals surface area (Å²) in [5, 5.41) is 11.0. The van der Waals surface area contributed by atoms with Crippen molar-refractivity contribution >= 4 is 0 Å². The molecule has 0 aromatic heterocycles. The predicted octanol–water partition coefficient (Wildman–Crippen LogP) is 8.71. The summed E-state index contributed by atoms with van der Waals surface area (Å²) in [6.45, 7) is 10.8. The smallest absolute Gasteiger partial charge is 0.390 e. The lowest BCUT2D eigenvalue weighted by atomic mass is 9.46. The Morgan fingerprint density at radius 2 is 1.76 bits per heavy atom. The molecule has 9 atom stereocenters. The zero-order chi connectivity index (χ0) is 24.2. The fourth-order valence-electron chi connectivity index (χ4n) is 9.10. The van der Waals surface area contributed by atoms with Gasteiger partial charge in [-0.25, -0.2) is 0 Å². The van der Waals surface area contributed by atoms with E-state index in [1.807, 2.05) is 0 Å². The molecule has 1 nitrogen and oxygen atoms in total. The molecule has 0 aromatic carbocycles. The van der Waals surface area contributed by atoms with Gasteiger partial charge in [0.25, 0.3) is 0 Å². The number of hydrogen-bond donors (Lipinski definition) is 1. The van der Waals surface area contributed by atoms with E-state index in [1.54, 1.807) is 0 Å². The molecule has 4 aliphatic rings. The molecular weight excluding hydrogens is 421 g/mol. The highest BCUT2D eigenvalue weighted by atomic mass is 19.4. The summed E-state index contributed by atoms with van der Waals surface area (Å²) in [5.74, 6) is 2.21. The first-order valence-electron chi connectivity index (χ1n) is 13.8. The minimum Gasteiger partial charge on any atom is -0.390 e. The molecule has 0 heterocycles. The minimum absolute atomic E-state index is 0.253. The second kappa shape index (κ2) is 8.86. The lowest BCUT2D eigenvalue weighted by Crippen LogP contribution is -2.52. The number of alkyl halides is 3. The largest absolute Gasteiger partial charge is 0.391 e. The zero-order valence-electron chi connectivity index (χ0n) is 21.6. The maximum absolute atomic E-state index is 12.9. The molecule has 4 rings (SSSR count). The van der Waals surface area contributed by atoms with E-state index >= 15 is 0 Å². The van der Waals surface area contributed by atoms with Crippen molar-refractivity contribution in [2.24, 2.45) is 46.3 Å². The van der Waals surface area contributed by atoms with Gasteiger partial charge in [0.2, 0.25) is 0 Å². The maximum Gasteiger partial charge on any atom is 0.391 e. The average Bonchev–Trinajstić information content (AvgIpc) is 3.11. The fraction of sp³-hybridized carbons (Fsp3) is 0.931. The van der Waals surface area contributed by atoms with Crippen LogP contribution in [0.3, 0.4) is 0 Å². The number of fused-ring (bicyclic) bond motifs is 5. The van der Waals surface area contributed by atoms with Crippen LogP contribution < -0.4 is 0 Å². The van der Waals surface area contributed by atoms with E-state index in [0.29, 0.717) is 23.7 Å². The van der Waals surface area contributed by atoms with Crippen molar-refractivity contribution < 1.29 is 18.3 Å². The Bertz CT molecular complexity index is 744. The third kappa shape index (κ3) is 4.45.